The zero-order chi connectivity index (χ0) is 17.4. The van der Waals surface area contributed by atoms with E-state index in [1.54, 1.807) is 4.68 Å². The number of rotatable bonds is 3. The Morgan fingerprint density at radius 1 is 1.08 bits per heavy atom. The van der Waals surface area contributed by atoms with Crippen molar-refractivity contribution in [1.29, 1.82) is 0 Å². The highest BCUT2D eigenvalue weighted by molar-refractivity contribution is 6.31. The molecule has 0 fully saturated rings. The first-order valence-electron chi connectivity index (χ1n) is 7.91. The summed E-state index contributed by atoms with van der Waals surface area (Å²) in [5.74, 6) is 0. The lowest BCUT2D eigenvalue weighted by molar-refractivity contribution is 0.874. The van der Waals surface area contributed by atoms with E-state index in [4.69, 9.17) is 11.6 Å². The molecule has 2 aromatic carbocycles. The molecule has 0 atom stereocenters. The van der Waals surface area contributed by atoms with Gasteiger partial charge < -0.3 is 4.98 Å². The van der Waals surface area contributed by atoms with Crippen molar-refractivity contribution in [3.05, 3.63) is 86.9 Å². The lowest BCUT2D eigenvalue weighted by Gasteiger charge is -2.05. The lowest BCUT2D eigenvalue weighted by atomic mass is 10.1. The van der Waals surface area contributed by atoms with Gasteiger partial charge in [0.05, 0.1) is 11.4 Å². The van der Waals surface area contributed by atoms with E-state index in [9.17, 15) is 4.79 Å². The van der Waals surface area contributed by atoms with Crippen molar-refractivity contribution in [3.63, 3.8) is 0 Å². The third-order valence-corrected chi connectivity index (χ3v) is 4.45. The van der Waals surface area contributed by atoms with Crippen molar-refractivity contribution in [3.8, 4) is 5.69 Å². The molecule has 0 saturated carbocycles. The highest BCUT2D eigenvalue weighted by atomic mass is 35.5. The molecular weight excluding hydrogens is 336 g/mol. The van der Waals surface area contributed by atoms with E-state index in [0.717, 1.165) is 16.9 Å². The van der Waals surface area contributed by atoms with E-state index >= 15 is 0 Å². The van der Waals surface area contributed by atoms with Crippen molar-refractivity contribution >= 4 is 22.8 Å². The largest absolute Gasteiger partial charge is 0.304 e. The third kappa shape index (κ3) is 2.83. The smallest absolute Gasteiger partial charge is 0.271 e. The maximum atomic E-state index is 12.5. The highest BCUT2D eigenvalue weighted by Crippen LogP contribution is 2.20. The van der Waals surface area contributed by atoms with Gasteiger partial charge in [-0.3, -0.25) is 4.79 Å². The molecule has 6 heteroatoms. The minimum absolute atomic E-state index is 0.232. The van der Waals surface area contributed by atoms with Crippen LogP contribution in [0, 0.1) is 6.92 Å². The Labute approximate surface area is 148 Å². The van der Waals surface area contributed by atoms with Gasteiger partial charge in [-0.15, -0.1) is 0 Å². The molecule has 4 aromatic rings. The van der Waals surface area contributed by atoms with Gasteiger partial charge in [0.2, 0.25) is 0 Å². The number of para-hydroxylation sites is 1. The van der Waals surface area contributed by atoms with Crippen molar-refractivity contribution in [2.24, 2.45) is 0 Å². The number of nitrogens with one attached hydrogen (secondary N) is 1. The first-order chi connectivity index (χ1) is 12.1. The van der Waals surface area contributed by atoms with Crippen molar-refractivity contribution in [2.45, 2.75) is 13.3 Å². The van der Waals surface area contributed by atoms with Gasteiger partial charge in [-0.05, 0) is 30.7 Å². The average molecular weight is 351 g/mol. The first kappa shape index (κ1) is 15.6. The molecule has 2 heterocycles. The fourth-order valence-corrected chi connectivity index (χ4v) is 3.03. The second-order valence-corrected chi connectivity index (χ2v) is 6.22. The van der Waals surface area contributed by atoms with Crippen LogP contribution in [0.3, 0.4) is 0 Å². The predicted octanol–water partition coefficient (Wildman–Crippen LogP) is 3.66. The summed E-state index contributed by atoms with van der Waals surface area (Å²) in [5.41, 5.74) is 3.98. The van der Waals surface area contributed by atoms with Crippen molar-refractivity contribution in [1.82, 2.24) is 19.7 Å². The Bertz CT molecular complexity index is 1120. The van der Waals surface area contributed by atoms with Crippen LogP contribution < -0.4 is 5.56 Å². The van der Waals surface area contributed by atoms with Gasteiger partial charge in [-0.25, -0.2) is 9.67 Å². The first-order valence-corrected chi connectivity index (χ1v) is 8.28. The molecule has 0 unspecified atom stereocenters. The number of aromatic amines is 1. The monoisotopic (exact) mass is 350 g/mol. The van der Waals surface area contributed by atoms with Crippen molar-refractivity contribution in [2.75, 3.05) is 0 Å². The topological polar surface area (TPSA) is 63.6 Å². The maximum Gasteiger partial charge on any atom is 0.271 e. The summed E-state index contributed by atoms with van der Waals surface area (Å²) in [5, 5.41) is 5.15. The summed E-state index contributed by atoms with van der Waals surface area (Å²) in [6, 6.07) is 17.1. The summed E-state index contributed by atoms with van der Waals surface area (Å²) < 4.78 is 1.71. The maximum absolute atomic E-state index is 12.5. The Morgan fingerprint density at radius 2 is 1.80 bits per heavy atom. The van der Waals surface area contributed by atoms with Gasteiger partial charge in [0.25, 0.3) is 5.56 Å². The fraction of sp³-hybridized carbons (Fsp3) is 0.105. The summed E-state index contributed by atoms with van der Waals surface area (Å²) in [7, 11) is 0. The van der Waals surface area contributed by atoms with E-state index in [0.29, 0.717) is 28.3 Å². The molecule has 0 aliphatic heterocycles. The van der Waals surface area contributed by atoms with E-state index in [2.05, 4.69) is 15.1 Å². The van der Waals surface area contributed by atoms with E-state index in [-0.39, 0.29) is 5.56 Å². The van der Waals surface area contributed by atoms with E-state index in [1.807, 2.05) is 61.5 Å². The molecule has 0 saturated heterocycles. The summed E-state index contributed by atoms with van der Waals surface area (Å²) in [6.07, 6.45) is 0.376. The quantitative estimate of drug-likeness (QED) is 0.613. The second-order valence-electron chi connectivity index (χ2n) is 5.81. The van der Waals surface area contributed by atoms with Gasteiger partial charge in [-0.1, -0.05) is 48.0 Å². The van der Waals surface area contributed by atoms with Gasteiger partial charge in [0.15, 0.2) is 5.65 Å². The summed E-state index contributed by atoms with van der Waals surface area (Å²) in [4.78, 5) is 20.0. The molecule has 0 aliphatic carbocycles. The highest BCUT2D eigenvalue weighted by Gasteiger charge is 2.15. The normalized spacial score (nSPS) is 11.1. The Balaban J connectivity index is 1.85. The lowest BCUT2D eigenvalue weighted by Crippen LogP contribution is -2.16. The number of aryl methyl sites for hydroxylation is 1. The number of hydrogen-bond donors (Lipinski definition) is 1. The molecular formula is C19H15ClN4O. The van der Waals surface area contributed by atoms with Crippen LogP contribution >= 0.6 is 11.6 Å². The number of H-pyrrole nitrogens is 1. The zero-order valence-corrected chi connectivity index (χ0v) is 14.3. The van der Waals surface area contributed by atoms with Gasteiger partial charge in [0.1, 0.15) is 11.2 Å². The third-order valence-electron chi connectivity index (χ3n) is 4.09. The van der Waals surface area contributed by atoms with Crippen LogP contribution in [0.15, 0.2) is 59.4 Å². The van der Waals surface area contributed by atoms with Crippen LogP contribution in [0.1, 0.15) is 17.0 Å². The summed E-state index contributed by atoms with van der Waals surface area (Å²) in [6.45, 7) is 1.88. The number of hydrogen-bond acceptors (Lipinski definition) is 3. The van der Waals surface area contributed by atoms with Gasteiger partial charge in [-0.2, -0.15) is 5.10 Å². The van der Waals surface area contributed by atoms with Gasteiger partial charge >= 0.3 is 0 Å². The van der Waals surface area contributed by atoms with E-state index in [1.165, 1.54) is 0 Å². The molecule has 0 spiro atoms. The predicted molar refractivity (Wildman–Crippen MR) is 98.5 cm³/mol. The molecule has 4 rings (SSSR count). The fourth-order valence-electron chi connectivity index (χ4n) is 2.83. The Hall–Kier alpha value is -2.92. The Morgan fingerprint density at radius 3 is 2.56 bits per heavy atom. The standard InChI is InChI=1S/C19H15ClN4O/c1-12-17-18(24(23-12)14-8-3-2-4-9-14)22-19(25)16(21-17)11-13-7-5-6-10-15(13)20/h2-10H,11H2,1H3,(H,22,25). The molecule has 1 N–H and O–H groups in total. The van der Waals surface area contributed by atoms with Crippen molar-refractivity contribution < 1.29 is 0 Å². The molecule has 0 radical (unpaired) electrons. The van der Waals surface area contributed by atoms with Crippen LogP contribution in [0.25, 0.3) is 16.9 Å². The van der Waals surface area contributed by atoms with Crippen LogP contribution in [0.5, 0.6) is 0 Å². The molecule has 0 amide bonds. The van der Waals surface area contributed by atoms with Gasteiger partial charge in [0, 0.05) is 11.4 Å². The number of halogens is 1. The Kier molecular flexibility index (Phi) is 3.86. The molecule has 0 aliphatic rings. The minimum atomic E-state index is -0.232. The molecule has 2 aromatic heterocycles. The van der Waals surface area contributed by atoms with E-state index < -0.39 is 0 Å². The SMILES string of the molecule is Cc1nn(-c2ccccc2)c2[nH]c(=O)c(Cc3ccccc3Cl)nc12. The molecule has 25 heavy (non-hydrogen) atoms. The van der Waals surface area contributed by atoms with Crippen LogP contribution in [0.4, 0.5) is 0 Å². The second kappa shape index (κ2) is 6.18. The number of aromatic nitrogens is 4. The average Bonchev–Trinajstić information content (AvgIpc) is 2.94. The molecule has 124 valence electrons. The number of fused-ring (bicyclic) bond motifs is 1. The van der Waals surface area contributed by atoms with Crippen LogP contribution in [-0.4, -0.2) is 19.7 Å². The van der Waals surface area contributed by atoms with Crippen LogP contribution in [-0.2, 0) is 6.42 Å². The molecule has 5 nitrogen and oxygen atoms in total. The number of nitrogens with zero attached hydrogens (tertiary/aromatic N) is 3. The minimum Gasteiger partial charge on any atom is -0.304 e. The number of benzene rings is 2. The van der Waals surface area contributed by atoms with Crippen LogP contribution in [0.2, 0.25) is 5.02 Å². The summed E-state index contributed by atoms with van der Waals surface area (Å²) >= 11 is 6.20. The molecule has 0 bridgehead atoms. The zero-order valence-electron chi connectivity index (χ0n) is 13.5.